The van der Waals surface area contributed by atoms with Gasteiger partial charge in [-0.25, -0.2) is 4.39 Å². The summed E-state index contributed by atoms with van der Waals surface area (Å²) in [7, 11) is 0. The van der Waals surface area contributed by atoms with Crippen molar-refractivity contribution in [3.8, 4) is 0 Å². The second-order valence-corrected chi connectivity index (χ2v) is 5.00. The van der Waals surface area contributed by atoms with E-state index in [4.69, 9.17) is 16.3 Å². The molecule has 1 N–H and O–H groups in total. The Morgan fingerprint density at radius 3 is 3.00 bits per heavy atom. The number of ether oxygens (including phenoxy) is 1. The zero-order valence-corrected chi connectivity index (χ0v) is 10.6. The maximum absolute atomic E-state index is 13.0. The standard InChI is InChI=1S/C13H17ClFNO/c1-9-7-17-8-11(16-9)4-2-10-3-5-13(15)12(14)6-10/h3,5-6,9,11,16H,2,4,7-8H2,1H3. The fourth-order valence-corrected chi connectivity index (χ4v) is 2.29. The van der Waals surface area contributed by atoms with Crippen molar-refractivity contribution >= 4 is 11.6 Å². The zero-order chi connectivity index (χ0) is 12.3. The number of halogens is 2. The van der Waals surface area contributed by atoms with Gasteiger partial charge in [-0.05, 0) is 37.5 Å². The predicted octanol–water partition coefficient (Wildman–Crippen LogP) is 2.79. The van der Waals surface area contributed by atoms with Crippen molar-refractivity contribution in [1.82, 2.24) is 5.32 Å². The molecule has 1 heterocycles. The molecule has 0 saturated carbocycles. The predicted molar refractivity (Wildman–Crippen MR) is 66.9 cm³/mol. The summed E-state index contributed by atoms with van der Waals surface area (Å²) in [5, 5.41) is 3.68. The summed E-state index contributed by atoms with van der Waals surface area (Å²) in [6, 6.07) is 5.69. The Kier molecular flexibility index (Phi) is 4.37. The van der Waals surface area contributed by atoms with Gasteiger partial charge >= 0.3 is 0 Å². The largest absolute Gasteiger partial charge is 0.378 e. The van der Waals surface area contributed by atoms with Crippen LogP contribution in [0, 0.1) is 5.82 Å². The molecule has 0 amide bonds. The summed E-state index contributed by atoms with van der Waals surface area (Å²) in [5.74, 6) is -0.358. The number of hydrogen-bond donors (Lipinski definition) is 1. The summed E-state index contributed by atoms with van der Waals surface area (Å²) >= 11 is 5.74. The van der Waals surface area contributed by atoms with Crippen LogP contribution in [-0.2, 0) is 11.2 Å². The van der Waals surface area contributed by atoms with Crippen molar-refractivity contribution in [2.75, 3.05) is 13.2 Å². The molecular weight excluding hydrogens is 241 g/mol. The van der Waals surface area contributed by atoms with Crippen molar-refractivity contribution in [1.29, 1.82) is 0 Å². The first-order valence-corrected chi connectivity index (χ1v) is 6.30. The highest BCUT2D eigenvalue weighted by atomic mass is 35.5. The molecule has 4 heteroatoms. The maximum atomic E-state index is 13.0. The fraction of sp³-hybridized carbons (Fsp3) is 0.538. The van der Waals surface area contributed by atoms with E-state index in [1.807, 2.05) is 0 Å². The molecule has 1 fully saturated rings. The van der Waals surface area contributed by atoms with E-state index in [2.05, 4.69) is 12.2 Å². The van der Waals surface area contributed by atoms with Gasteiger partial charge in [-0.2, -0.15) is 0 Å². The topological polar surface area (TPSA) is 21.3 Å². The molecule has 0 bridgehead atoms. The highest BCUT2D eigenvalue weighted by Gasteiger charge is 2.17. The second kappa shape index (κ2) is 5.80. The van der Waals surface area contributed by atoms with E-state index >= 15 is 0 Å². The number of aryl methyl sites for hydroxylation is 1. The first kappa shape index (κ1) is 12.8. The number of nitrogens with one attached hydrogen (secondary N) is 1. The zero-order valence-electron chi connectivity index (χ0n) is 9.88. The second-order valence-electron chi connectivity index (χ2n) is 4.59. The summed E-state index contributed by atoms with van der Waals surface area (Å²) in [6.45, 7) is 3.64. The Balaban J connectivity index is 1.86. The minimum absolute atomic E-state index is 0.198. The van der Waals surface area contributed by atoms with Gasteiger partial charge < -0.3 is 10.1 Å². The molecule has 2 atom stereocenters. The average Bonchev–Trinajstić information content (AvgIpc) is 2.31. The summed E-state index contributed by atoms with van der Waals surface area (Å²) < 4.78 is 18.5. The van der Waals surface area contributed by atoms with Crippen LogP contribution in [0.4, 0.5) is 4.39 Å². The Labute approximate surface area is 106 Å². The van der Waals surface area contributed by atoms with Gasteiger partial charge in [-0.3, -0.25) is 0 Å². The SMILES string of the molecule is CC1COCC(CCc2ccc(F)c(Cl)c2)N1. The van der Waals surface area contributed by atoms with Crippen molar-refractivity contribution < 1.29 is 9.13 Å². The number of hydrogen-bond acceptors (Lipinski definition) is 2. The molecule has 94 valence electrons. The quantitative estimate of drug-likeness (QED) is 0.899. The Bertz CT molecular complexity index is 386. The van der Waals surface area contributed by atoms with E-state index < -0.39 is 0 Å². The van der Waals surface area contributed by atoms with E-state index in [0.29, 0.717) is 12.1 Å². The van der Waals surface area contributed by atoms with Crippen LogP contribution in [-0.4, -0.2) is 25.3 Å². The summed E-state index contributed by atoms with van der Waals surface area (Å²) in [4.78, 5) is 0. The number of benzene rings is 1. The lowest BCUT2D eigenvalue weighted by atomic mass is 10.0. The number of rotatable bonds is 3. The Morgan fingerprint density at radius 1 is 1.47 bits per heavy atom. The van der Waals surface area contributed by atoms with Gasteiger partial charge in [0.15, 0.2) is 0 Å². The van der Waals surface area contributed by atoms with Crippen LogP contribution in [0.15, 0.2) is 18.2 Å². The third-order valence-corrected chi connectivity index (χ3v) is 3.26. The van der Waals surface area contributed by atoms with Gasteiger partial charge in [-0.1, -0.05) is 17.7 Å². The van der Waals surface area contributed by atoms with Crippen molar-refractivity contribution in [3.05, 3.63) is 34.6 Å². The molecule has 1 aliphatic rings. The normalized spacial score (nSPS) is 24.9. The van der Waals surface area contributed by atoms with Crippen LogP contribution in [0.2, 0.25) is 5.02 Å². The molecular formula is C13H17ClFNO. The van der Waals surface area contributed by atoms with Crippen LogP contribution < -0.4 is 5.32 Å². The van der Waals surface area contributed by atoms with E-state index in [0.717, 1.165) is 31.6 Å². The highest BCUT2D eigenvalue weighted by Crippen LogP contribution is 2.17. The molecule has 1 aromatic rings. The maximum Gasteiger partial charge on any atom is 0.141 e. The molecule has 1 aromatic carbocycles. The smallest absolute Gasteiger partial charge is 0.141 e. The van der Waals surface area contributed by atoms with E-state index in [1.54, 1.807) is 12.1 Å². The molecule has 0 spiro atoms. The van der Waals surface area contributed by atoms with Crippen molar-refractivity contribution in [3.63, 3.8) is 0 Å². The van der Waals surface area contributed by atoms with Crippen LogP contribution in [0.5, 0.6) is 0 Å². The lowest BCUT2D eigenvalue weighted by Gasteiger charge is -2.29. The van der Waals surface area contributed by atoms with Crippen molar-refractivity contribution in [2.45, 2.75) is 31.8 Å². The van der Waals surface area contributed by atoms with Crippen molar-refractivity contribution in [2.24, 2.45) is 0 Å². The molecule has 2 rings (SSSR count). The minimum Gasteiger partial charge on any atom is -0.378 e. The molecule has 2 unspecified atom stereocenters. The molecule has 0 aliphatic carbocycles. The molecule has 2 nitrogen and oxygen atoms in total. The Morgan fingerprint density at radius 2 is 2.29 bits per heavy atom. The lowest BCUT2D eigenvalue weighted by Crippen LogP contribution is -2.47. The molecule has 0 aromatic heterocycles. The van der Waals surface area contributed by atoms with Gasteiger partial charge in [0, 0.05) is 12.1 Å². The van der Waals surface area contributed by atoms with E-state index in [9.17, 15) is 4.39 Å². The van der Waals surface area contributed by atoms with Crippen LogP contribution in [0.25, 0.3) is 0 Å². The van der Waals surface area contributed by atoms with Crippen LogP contribution in [0.1, 0.15) is 18.9 Å². The first-order valence-electron chi connectivity index (χ1n) is 5.93. The Hall–Kier alpha value is -0.640. The van der Waals surface area contributed by atoms with Gasteiger partial charge in [0.25, 0.3) is 0 Å². The number of morpholine rings is 1. The van der Waals surface area contributed by atoms with E-state index in [1.165, 1.54) is 6.07 Å². The third kappa shape index (κ3) is 3.66. The van der Waals surface area contributed by atoms with Gasteiger partial charge in [0.05, 0.1) is 18.2 Å². The molecule has 1 saturated heterocycles. The molecule has 1 aliphatic heterocycles. The van der Waals surface area contributed by atoms with Gasteiger partial charge in [0.2, 0.25) is 0 Å². The monoisotopic (exact) mass is 257 g/mol. The molecule has 0 radical (unpaired) electrons. The molecule has 17 heavy (non-hydrogen) atoms. The highest BCUT2D eigenvalue weighted by molar-refractivity contribution is 6.30. The minimum atomic E-state index is -0.358. The van der Waals surface area contributed by atoms with E-state index in [-0.39, 0.29) is 10.8 Å². The summed E-state index contributed by atoms with van der Waals surface area (Å²) in [5.41, 5.74) is 1.07. The van der Waals surface area contributed by atoms with Gasteiger partial charge in [0.1, 0.15) is 5.82 Å². The lowest BCUT2D eigenvalue weighted by molar-refractivity contribution is 0.0483. The fourth-order valence-electron chi connectivity index (χ4n) is 2.09. The first-order chi connectivity index (χ1) is 8.15. The van der Waals surface area contributed by atoms with Crippen LogP contribution >= 0.6 is 11.6 Å². The van der Waals surface area contributed by atoms with Gasteiger partial charge in [-0.15, -0.1) is 0 Å². The average molecular weight is 258 g/mol. The summed E-state index contributed by atoms with van der Waals surface area (Å²) in [6.07, 6.45) is 1.86. The van der Waals surface area contributed by atoms with Crippen LogP contribution in [0.3, 0.4) is 0 Å². The third-order valence-electron chi connectivity index (χ3n) is 2.97.